The van der Waals surface area contributed by atoms with E-state index in [1.807, 2.05) is 0 Å². The summed E-state index contributed by atoms with van der Waals surface area (Å²) in [6.07, 6.45) is 0.229. The number of ether oxygens (including phenoxy) is 2. The minimum absolute atomic E-state index is 0.142. The lowest BCUT2D eigenvalue weighted by molar-refractivity contribution is -0.133. The molecule has 2 aromatic rings. The van der Waals surface area contributed by atoms with Crippen molar-refractivity contribution >= 4 is 29.4 Å². The Hall–Kier alpha value is -4.08. The van der Waals surface area contributed by atoms with E-state index in [-0.39, 0.29) is 19.1 Å². The Morgan fingerprint density at radius 1 is 1.09 bits per heavy atom. The number of carbonyl (C=O) groups excluding carboxylic acids is 4. The average molecular weight is 438 g/mol. The van der Waals surface area contributed by atoms with Gasteiger partial charge in [0.05, 0.1) is 0 Å². The van der Waals surface area contributed by atoms with Crippen LogP contribution in [0.3, 0.4) is 0 Å². The highest BCUT2D eigenvalue weighted by Crippen LogP contribution is 2.34. The van der Waals surface area contributed by atoms with Gasteiger partial charge in [-0.25, -0.2) is 4.79 Å². The summed E-state index contributed by atoms with van der Waals surface area (Å²) in [6.45, 7) is 1.33. The maximum atomic E-state index is 13.0. The second-order valence-corrected chi connectivity index (χ2v) is 7.72. The summed E-state index contributed by atoms with van der Waals surface area (Å²) in [7, 11) is 1.52. The van der Waals surface area contributed by atoms with Gasteiger partial charge in [0.25, 0.3) is 11.8 Å². The highest BCUT2D eigenvalue weighted by molar-refractivity contribution is 6.10. The molecule has 2 aliphatic heterocycles. The van der Waals surface area contributed by atoms with Gasteiger partial charge in [0.15, 0.2) is 11.5 Å². The summed E-state index contributed by atoms with van der Waals surface area (Å²) >= 11 is 0. The normalized spacial score (nSPS) is 19.0. The molecule has 3 N–H and O–H groups in total. The van der Waals surface area contributed by atoms with Crippen molar-refractivity contribution in [1.82, 2.24) is 15.5 Å². The van der Waals surface area contributed by atoms with Gasteiger partial charge < -0.3 is 25.4 Å². The van der Waals surface area contributed by atoms with Crippen molar-refractivity contribution < 1.29 is 28.7 Å². The van der Waals surface area contributed by atoms with Gasteiger partial charge in [-0.2, -0.15) is 0 Å². The van der Waals surface area contributed by atoms with E-state index in [0.29, 0.717) is 22.7 Å². The second-order valence-electron chi connectivity index (χ2n) is 7.72. The van der Waals surface area contributed by atoms with Crippen LogP contribution in [0.5, 0.6) is 11.5 Å². The number of hydrogen-bond donors (Lipinski definition) is 3. The fraction of sp³-hybridized carbons (Fsp3) is 0.273. The highest BCUT2D eigenvalue weighted by atomic mass is 16.7. The van der Waals surface area contributed by atoms with Crippen LogP contribution in [0.15, 0.2) is 42.5 Å². The van der Waals surface area contributed by atoms with E-state index >= 15 is 0 Å². The number of rotatable bonds is 6. The predicted octanol–water partition coefficient (Wildman–Crippen LogP) is 1.27. The third-order valence-corrected chi connectivity index (χ3v) is 5.30. The zero-order chi connectivity index (χ0) is 22.9. The lowest BCUT2D eigenvalue weighted by Gasteiger charge is -2.22. The summed E-state index contributed by atoms with van der Waals surface area (Å²) < 4.78 is 10.7. The van der Waals surface area contributed by atoms with Crippen LogP contribution in [-0.4, -0.2) is 54.6 Å². The third-order valence-electron chi connectivity index (χ3n) is 5.30. The minimum Gasteiger partial charge on any atom is -0.454 e. The first kappa shape index (κ1) is 21.2. The molecule has 32 heavy (non-hydrogen) atoms. The largest absolute Gasteiger partial charge is 0.454 e. The van der Waals surface area contributed by atoms with Crippen molar-refractivity contribution in [3.05, 3.63) is 53.6 Å². The fourth-order valence-electron chi connectivity index (χ4n) is 3.66. The van der Waals surface area contributed by atoms with Crippen molar-refractivity contribution in [2.45, 2.75) is 18.9 Å². The average Bonchev–Trinajstić information content (AvgIpc) is 3.31. The first-order valence-corrected chi connectivity index (χ1v) is 9.94. The van der Waals surface area contributed by atoms with Crippen LogP contribution in [0, 0.1) is 0 Å². The predicted molar refractivity (Wildman–Crippen MR) is 113 cm³/mol. The van der Waals surface area contributed by atoms with Crippen molar-refractivity contribution in [2.24, 2.45) is 0 Å². The number of fused-ring (bicyclic) bond motifs is 1. The molecule has 166 valence electrons. The van der Waals surface area contributed by atoms with Crippen LogP contribution in [0.1, 0.15) is 22.8 Å². The molecule has 0 spiro atoms. The first-order valence-electron chi connectivity index (χ1n) is 9.94. The van der Waals surface area contributed by atoms with Gasteiger partial charge in [0.1, 0.15) is 12.1 Å². The van der Waals surface area contributed by atoms with E-state index in [9.17, 15) is 19.2 Å². The Kier molecular flexibility index (Phi) is 5.43. The number of anilines is 1. The molecular weight excluding hydrogens is 416 g/mol. The number of amides is 5. The number of urea groups is 1. The number of nitrogens with zero attached hydrogens (tertiary/aromatic N) is 1. The number of imide groups is 1. The van der Waals surface area contributed by atoms with E-state index in [1.165, 1.54) is 7.05 Å². The molecule has 1 fully saturated rings. The summed E-state index contributed by atoms with van der Waals surface area (Å²) in [5, 5.41) is 7.82. The zero-order valence-corrected chi connectivity index (χ0v) is 17.6. The number of benzene rings is 2. The van der Waals surface area contributed by atoms with Crippen LogP contribution in [0.4, 0.5) is 10.5 Å². The van der Waals surface area contributed by atoms with Crippen LogP contribution < -0.4 is 25.4 Å². The topological polar surface area (TPSA) is 126 Å². The Morgan fingerprint density at radius 2 is 1.81 bits per heavy atom. The lowest BCUT2D eigenvalue weighted by Crippen LogP contribution is -2.46. The molecular formula is C22H22N4O6. The Balaban J connectivity index is 1.40. The standard InChI is InChI=1S/C22H22N4O6/c1-22(10-13-3-8-16-17(9-13)32-12-31-16)20(29)26(21(30)25-22)11-18(27)24-15-6-4-14(5-7-15)19(28)23-2/h3-9H,10-12H2,1-2H3,(H,23,28)(H,24,27)(H,25,30)/t22-/m0/s1. The van der Waals surface area contributed by atoms with Crippen LogP contribution in [-0.2, 0) is 16.0 Å². The number of nitrogens with one attached hydrogen (secondary N) is 3. The smallest absolute Gasteiger partial charge is 0.325 e. The molecule has 5 amide bonds. The fourth-order valence-corrected chi connectivity index (χ4v) is 3.66. The number of hydrogen-bond acceptors (Lipinski definition) is 6. The molecule has 2 aromatic carbocycles. The minimum atomic E-state index is -1.19. The highest BCUT2D eigenvalue weighted by Gasteiger charge is 2.48. The molecule has 0 bridgehead atoms. The molecule has 1 saturated heterocycles. The van der Waals surface area contributed by atoms with Gasteiger partial charge in [-0.1, -0.05) is 6.07 Å². The van der Waals surface area contributed by atoms with E-state index in [0.717, 1.165) is 10.5 Å². The number of carbonyl (C=O) groups is 4. The van der Waals surface area contributed by atoms with Gasteiger partial charge in [-0.15, -0.1) is 0 Å². The SMILES string of the molecule is CNC(=O)c1ccc(NC(=O)CN2C(=O)N[C@@](C)(Cc3ccc4c(c3)OCO4)C2=O)cc1. The van der Waals surface area contributed by atoms with E-state index in [1.54, 1.807) is 49.4 Å². The van der Waals surface area contributed by atoms with Gasteiger partial charge in [0, 0.05) is 24.7 Å². The van der Waals surface area contributed by atoms with Crippen molar-refractivity contribution in [1.29, 1.82) is 0 Å². The molecule has 2 heterocycles. The molecule has 1 atom stereocenters. The van der Waals surface area contributed by atoms with Crippen molar-refractivity contribution in [2.75, 3.05) is 25.7 Å². The first-order chi connectivity index (χ1) is 15.3. The monoisotopic (exact) mass is 438 g/mol. The van der Waals surface area contributed by atoms with Gasteiger partial charge >= 0.3 is 6.03 Å². The maximum absolute atomic E-state index is 13.0. The van der Waals surface area contributed by atoms with Gasteiger partial charge in [-0.3, -0.25) is 19.3 Å². The van der Waals surface area contributed by atoms with E-state index in [4.69, 9.17) is 9.47 Å². The molecule has 0 aliphatic carbocycles. The van der Waals surface area contributed by atoms with Gasteiger partial charge in [0.2, 0.25) is 12.7 Å². The zero-order valence-electron chi connectivity index (χ0n) is 17.6. The van der Waals surface area contributed by atoms with Crippen molar-refractivity contribution in [3.8, 4) is 11.5 Å². The lowest BCUT2D eigenvalue weighted by atomic mass is 9.92. The Labute approximate surface area is 183 Å². The van der Waals surface area contributed by atoms with E-state index < -0.39 is 29.9 Å². The Morgan fingerprint density at radius 3 is 2.53 bits per heavy atom. The van der Waals surface area contributed by atoms with Crippen molar-refractivity contribution in [3.63, 3.8) is 0 Å². The quantitative estimate of drug-likeness (QED) is 0.583. The molecule has 10 heteroatoms. The van der Waals surface area contributed by atoms with Crippen LogP contribution >= 0.6 is 0 Å². The second kappa shape index (κ2) is 8.22. The third kappa shape index (κ3) is 4.07. The molecule has 10 nitrogen and oxygen atoms in total. The molecule has 2 aliphatic rings. The molecule has 0 saturated carbocycles. The van der Waals surface area contributed by atoms with Crippen LogP contribution in [0.25, 0.3) is 0 Å². The summed E-state index contributed by atoms with van der Waals surface area (Å²) in [5.74, 6) is -0.0633. The maximum Gasteiger partial charge on any atom is 0.325 e. The molecule has 0 radical (unpaired) electrons. The molecule has 4 rings (SSSR count). The summed E-state index contributed by atoms with van der Waals surface area (Å²) in [4.78, 5) is 50.3. The summed E-state index contributed by atoms with van der Waals surface area (Å²) in [5.41, 5.74) is 0.477. The van der Waals surface area contributed by atoms with Gasteiger partial charge in [-0.05, 0) is 48.9 Å². The molecule has 0 aromatic heterocycles. The van der Waals surface area contributed by atoms with E-state index in [2.05, 4.69) is 16.0 Å². The molecule has 0 unspecified atom stereocenters. The Bertz CT molecular complexity index is 1100. The summed E-state index contributed by atoms with van der Waals surface area (Å²) in [6, 6.07) is 10.9. The van der Waals surface area contributed by atoms with Crippen LogP contribution in [0.2, 0.25) is 0 Å².